The average Bonchev–Trinajstić information content (AvgIpc) is 2.58. The molecule has 0 saturated heterocycles. The van der Waals surface area contributed by atoms with Gasteiger partial charge in [-0.1, -0.05) is 13.8 Å². The molecule has 0 aromatic carbocycles. The third kappa shape index (κ3) is 2.33. The maximum Gasteiger partial charge on any atom is 0.235 e. The van der Waals surface area contributed by atoms with Gasteiger partial charge in [0, 0.05) is 18.8 Å². The van der Waals surface area contributed by atoms with Gasteiger partial charge in [0.25, 0.3) is 0 Å². The van der Waals surface area contributed by atoms with E-state index in [1.165, 1.54) is 38.5 Å². The lowest BCUT2D eigenvalue weighted by molar-refractivity contribution is -0.143. The van der Waals surface area contributed by atoms with Gasteiger partial charge >= 0.3 is 0 Å². The van der Waals surface area contributed by atoms with E-state index in [4.69, 9.17) is 23.8 Å². The van der Waals surface area contributed by atoms with Gasteiger partial charge in [0.2, 0.25) is 5.54 Å². The summed E-state index contributed by atoms with van der Waals surface area (Å²) in [5.41, 5.74) is -0.161. The Balaban J connectivity index is 1.79. The summed E-state index contributed by atoms with van der Waals surface area (Å²) in [6, 6.07) is 0. The molecule has 0 spiro atoms. The molecule has 0 aromatic rings. The molecule has 0 amide bonds. The summed E-state index contributed by atoms with van der Waals surface area (Å²) in [5.74, 6) is 5.77. The number of thiocarbonyl (C=S) groups is 1. The summed E-state index contributed by atoms with van der Waals surface area (Å²) >= 11 is 5.02. The summed E-state index contributed by atoms with van der Waals surface area (Å²) in [6.07, 6.45) is 7.56. The summed E-state index contributed by atoms with van der Waals surface area (Å²) in [6.45, 7) is 17.4. The first-order valence-electron chi connectivity index (χ1n) is 10.3. The van der Waals surface area contributed by atoms with Crippen molar-refractivity contribution in [3.8, 4) is 0 Å². The Morgan fingerprint density at radius 3 is 2.48 bits per heavy atom. The number of hydrogen-bond donors (Lipinski definition) is 0. The van der Waals surface area contributed by atoms with Crippen molar-refractivity contribution in [2.45, 2.75) is 77.3 Å². The minimum Gasteiger partial charge on any atom is -0.310 e. The van der Waals surface area contributed by atoms with E-state index in [1.807, 2.05) is 0 Å². The quantitative estimate of drug-likeness (QED) is 0.325. The van der Waals surface area contributed by atoms with Crippen LogP contribution in [0.15, 0.2) is 4.99 Å². The summed E-state index contributed by atoms with van der Waals surface area (Å²) in [5, 5.41) is 2.73. The maximum atomic E-state index is 7.98. The summed E-state index contributed by atoms with van der Waals surface area (Å²) in [7, 11) is 0. The SMILES string of the molecule is [C-]#[N+][C@]1(C)[C@H](C)C[C@@H]2C[C@H](C)[C@H]3CC[C@](C)(N=C=S)[C@H]4CC[C@H]1[C@@H]2[C@H]34. The highest BCUT2D eigenvalue weighted by atomic mass is 32.1. The second-order valence-corrected chi connectivity index (χ2v) is 10.3. The molecule has 0 heterocycles. The molecular weight excluding hydrogens is 324 g/mol. The molecule has 0 N–H and O–H groups in total. The number of isothiocyanates is 1. The van der Waals surface area contributed by atoms with E-state index in [-0.39, 0.29) is 11.1 Å². The van der Waals surface area contributed by atoms with Crippen LogP contribution < -0.4 is 0 Å². The summed E-state index contributed by atoms with van der Waals surface area (Å²) < 4.78 is 0. The molecule has 2 nitrogen and oxygen atoms in total. The Morgan fingerprint density at radius 1 is 1.08 bits per heavy atom. The molecule has 3 heteroatoms. The Kier molecular flexibility index (Phi) is 4.17. The largest absolute Gasteiger partial charge is 0.310 e. The van der Waals surface area contributed by atoms with Crippen molar-refractivity contribution in [1.29, 1.82) is 0 Å². The Labute approximate surface area is 158 Å². The number of aliphatic imine (C=N–C) groups is 1. The molecular formula is C22H32N2S. The standard InChI is InChI=1S/C22H32N2S/c1-13-10-15-11-14(2)22(4,23-5)18-7-6-17-20(19(15)18)16(13)8-9-21(17,3)24-12-25/h13-20H,6-11H2,1-4H3/t13-,14+,15-,16+,17-,18-,19+,20+,21-,22+/m0/s1. The molecule has 4 aliphatic rings. The highest BCUT2D eigenvalue weighted by molar-refractivity contribution is 7.78. The molecule has 4 fully saturated rings. The molecule has 0 aliphatic heterocycles. The zero-order valence-electron chi connectivity index (χ0n) is 16.2. The highest BCUT2D eigenvalue weighted by Gasteiger charge is 2.65. The minimum atomic E-state index is -0.154. The molecule has 136 valence electrons. The van der Waals surface area contributed by atoms with Gasteiger partial charge < -0.3 is 4.85 Å². The van der Waals surface area contributed by atoms with E-state index in [0.717, 1.165) is 29.6 Å². The van der Waals surface area contributed by atoms with Gasteiger partial charge in [-0.3, -0.25) is 0 Å². The van der Waals surface area contributed by atoms with Crippen LogP contribution in [0.4, 0.5) is 0 Å². The normalized spacial score (nSPS) is 56.9. The van der Waals surface area contributed by atoms with Crippen molar-refractivity contribution in [2.75, 3.05) is 0 Å². The fourth-order valence-electron chi connectivity index (χ4n) is 7.97. The third-order valence-electron chi connectivity index (χ3n) is 9.34. The van der Waals surface area contributed by atoms with Crippen LogP contribution in [0.5, 0.6) is 0 Å². The Bertz CT molecular complexity index is 647. The van der Waals surface area contributed by atoms with E-state index < -0.39 is 0 Å². The minimum absolute atomic E-state index is 0.00688. The molecule has 4 aliphatic carbocycles. The second-order valence-electron chi connectivity index (χ2n) is 10.2. The van der Waals surface area contributed by atoms with E-state index >= 15 is 0 Å². The molecule has 0 unspecified atom stereocenters. The summed E-state index contributed by atoms with van der Waals surface area (Å²) in [4.78, 5) is 8.98. The average molecular weight is 357 g/mol. The van der Waals surface area contributed by atoms with Gasteiger partial charge in [0.1, 0.15) is 0 Å². The molecule has 25 heavy (non-hydrogen) atoms. The molecule has 0 radical (unpaired) electrons. The van der Waals surface area contributed by atoms with E-state index in [1.54, 1.807) is 0 Å². The Morgan fingerprint density at radius 2 is 1.80 bits per heavy atom. The zero-order valence-corrected chi connectivity index (χ0v) is 17.0. The van der Waals surface area contributed by atoms with Crippen LogP contribution >= 0.6 is 12.2 Å². The zero-order chi connectivity index (χ0) is 18.0. The van der Waals surface area contributed by atoms with Crippen LogP contribution in [-0.2, 0) is 0 Å². The van der Waals surface area contributed by atoms with E-state index in [0.29, 0.717) is 17.8 Å². The first-order chi connectivity index (χ1) is 11.9. The number of rotatable bonds is 1. The lowest BCUT2D eigenvalue weighted by Crippen LogP contribution is -2.63. The van der Waals surface area contributed by atoms with Crippen LogP contribution in [0.25, 0.3) is 4.85 Å². The van der Waals surface area contributed by atoms with E-state index in [2.05, 4.69) is 37.7 Å². The fraction of sp³-hybridized carbons (Fsp3) is 0.909. The predicted molar refractivity (Wildman–Crippen MR) is 105 cm³/mol. The third-order valence-corrected chi connectivity index (χ3v) is 9.43. The number of nitrogens with zero attached hydrogens (tertiary/aromatic N) is 2. The van der Waals surface area contributed by atoms with Gasteiger partial charge in [-0.25, -0.2) is 11.6 Å². The number of hydrogen-bond acceptors (Lipinski definition) is 2. The van der Waals surface area contributed by atoms with Crippen molar-refractivity contribution >= 4 is 17.4 Å². The van der Waals surface area contributed by atoms with Gasteiger partial charge in [-0.2, -0.15) is 0 Å². The molecule has 0 aromatic heterocycles. The lowest BCUT2D eigenvalue weighted by atomic mass is 9.40. The van der Waals surface area contributed by atoms with E-state index in [9.17, 15) is 0 Å². The first-order valence-corrected chi connectivity index (χ1v) is 10.7. The van der Waals surface area contributed by atoms with Crippen LogP contribution in [0.3, 0.4) is 0 Å². The monoisotopic (exact) mass is 356 g/mol. The topological polar surface area (TPSA) is 16.7 Å². The maximum absolute atomic E-state index is 7.98. The van der Waals surface area contributed by atoms with Gasteiger partial charge in [0.05, 0.1) is 10.7 Å². The molecule has 4 saturated carbocycles. The smallest absolute Gasteiger partial charge is 0.235 e. The molecule has 0 bridgehead atoms. The lowest BCUT2D eigenvalue weighted by Gasteiger charge is -2.64. The van der Waals surface area contributed by atoms with Crippen molar-refractivity contribution in [2.24, 2.45) is 52.3 Å². The van der Waals surface area contributed by atoms with Crippen LogP contribution in [0.1, 0.15) is 66.2 Å². The predicted octanol–water partition coefficient (Wildman–Crippen LogP) is 5.89. The van der Waals surface area contributed by atoms with Crippen molar-refractivity contribution < 1.29 is 0 Å². The van der Waals surface area contributed by atoms with Crippen LogP contribution in [-0.4, -0.2) is 16.2 Å². The van der Waals surface area contributed by atoms with Gasteiger partial charge in [-0.05, 0) is 93.2 Å². The fourth-order valence-corrected chi connectivity index (χ4v) is 8.18. The first kappa shape index (κ1) is 17.7. The molecule has 10 atom stereocenters. The molecule has 4 rings (SSSR count). The van der Waals surface area contributed by atoms with Crippen LogP contribution in [0, 0.1) is 53.9 Å². The van der Waals surface area contributed by atoms with Gasteiger partial charge in [0.15, 0.2) is 0 Å². The van der Waals surface area contributed by atoms with Gasteiger partial charge in [-0.15, -0.1) is 0 Å². The Hall–Kier alpha value is -0.710. The van der Waals surface area contributed by atoms with Crippen LogP contribution in [0.2, 0.25) is 0 Å². The van der Waals surface area contributed by atoms with Crippen molar-refractivity contribution in [3.05, 3.63) is 11.4 Å². The van der Waals surface area contributed by atoms with Crippen molar-refractivity contribution in [3.63, 3.8) is 0 Å². The highest BCUT2D eigenvalue weighted by Crippen LogP contribution is 2.66. The second kappa shape index (κ2) is 5.90. The van der Waals surface area contributed by atoms with Crippen molar-refractivity contribution in [1.82, 2.24) is 0 Å².